The molecule has 2 aromatic rings. The van der Waals surface area contributed by atoms with Gasteiger partial charge in [-0.05, 0) is 51.0 Å². The Morgan fingerprint density at radius 3 is 2.20 bits per heavy atom. The van der Waals surface area contributed by atoms with E-state index in [1.165, 1.54) is 16.2 Å². The van der Waals surface area contributed by atoms with E-state index >= 15 is 0 Å². The number of hydrogen-bond acceptors (Lipinski definition) is 8. The summed E-state index contributed by atoms with van der Waals surface area (Å²) in [6, 6.07) is 8.76. The molecule has 4 atom stereocenters. The second kappa shape index (κ2) is 16.6. The monoisotopic (exact) mass is 631 g/mol. The normalized spacial score (nSPS) is 14.4. The number of carbonyl (C=O) groups excluding carboxylic acids is 3. The highest BCUT2D eigenvalue weighted by Crippen LogP contribution is 2.31. The predicted octanol–water partition coefficient (Wildman–Crippen LogP) is 6.51. The van der Waals surface area contributed by atoms with Gasteiger partial charge in [-0.15, -0.1) is 11.3 Å². The van der Waals surface area contributed by atoms with Crippen molar-refractivity contribution in [3.63, 3.8) is 0 Å². The highest BCUT2D eigenvalue weighted by atomic mass is 32.1. The highest BCUT2D eigenvalue weighted by Gasteiger charge is 2.33. The third-order valence-electron chi connectivity index (χ3n) is 7.00. The second-order valence-electron chi connectivity index (χ2n) is 13.1. The number of esters is 1. The number of thiazole rings is 1. The van der Waals surface area contributed by atoms with E-state index in [4.69, 9.17) is 9.47 Å². The number of carboxylic acid groups (broad SMARTS) is 1. The molecule has 0 saturated heterocycles. The van der Waals surface area contributed by atoms with Gasteiger partial charge in [0.2, 0.25) is 0 Å². The molecule has 2 rings (SSSR count). The largest absolute Gasteiger partial charge is 0.481 e. The van der Waals surface area contributed by atoms with Crippen molar-refractivity contribution in [3.05, 3.63) is 52.0 Å². The van der Waals surface area contributed by atoms with Crippen molar-refractivity contribution in [2.75, 3.05) is 7.05 Å². The molecule has 0 aliphatic heterocycles. The molecule has 0 bridgehead atoms. The number of nitrogens with one attached hydrogen (secondary N) is 1. The topological polar surface area (TPSA) is 135 Å². The van der Waals surface area contributed by atoms with Crippen LogP contribution in [-0.4, -0.2) is 63.7 Å². The maximum absolute atomic E-state index is 13.4. The maximum atomic E-state index is 13.4. The summed E-state index contributed by atoms with van der Waals surface area (Å²) in [7, 11) is 1.66. The third-order valence-corrected chi connectivity index (χ3v) is 7.94. The van der Waals surface area contributed by atoms with Crippen LogP contribution >= 0.6 is 11.3 Å². The molecule has 0 aliphatic rings. The average Bonchev–Trinajstić information content (AvgIpc) is 3.40. The molecule has 0 fully saturated rings. The molecule has 0 saturated carbocycles. The van der Waals surface area contributed by atoms with Gasteiger partial charge in [-0.2, -0.15) is 0 Å². The van der Waals surface area contributed by atoms with Gasteiger partial charge in [0.15, 0.2) is 6.10 Å². The van der Waals surface area contributed by atoms with E-state index in [0.29, 0.717) is 11.4 Å². The molecule has 1 aromatic carbocycles. The molecule has 10 nitrogen and oxygen atoms in total. The minimum absolute atomic E-state index is 0.00322. The predicted molar refractivity (Wildman–Crippen MR) is 170 cm³/mol. The van der Waals surface area contributed by atoms with Gasteiger partial charge in [-0.3, -0.25) is 14.4 Å². The summed E-state index contributed by atoms with van der Waals surface area (Å²) in [5, 5.41) is 14.5. The summed E-state index contributed by atoms with van der Waals surface area (Å²) in [5.41, 5.74) is 0.451. The standard InChI is InChI=1S/C33H49N3O7S/c1-20(2)15-28(37)42-27(18-26(21(3)4)36(9)32(41)43-33(6,7)8)30-35-25(19-44-30)29(38)34-24(16-22(5)31(39)40)17-23-13-11-10-12-14-23/h10-14,19-22,24,26-27H,15-18H2,1-9H3,(H,34,38)(H,39,40)/t22?,24?,26-,27-/m1/s1. The third kappa shape index (κ3) is 12.3. The van der Waals surface area contributed by atoms with E-state index in [2.05, 4.69) is 10.3 Å². The van der Waals surface area contributed by atoms with Gasteiger partial charge in [0, 0.05) is 37.4 Å². The van der Waals surface area contributed by atoms with E-state index in [9.17, 15) is 24.3 Å². The molecule has 1 heterocycles. The van der Waals surface area contributed by atoms with Crippen molar-refractivity contribution >= 4 is 35.3 Å². The molecule has 0 aliphatic carbocycles. The first-order valence-corrected chi connectivity index (χ1v) is 16.0. The zero-order valence-corrected chi connectivity index (χ0v) is 28.3. The smallest absolute Gasteiger partial charge is 0.410 e. The van der Waals surface area contributed by atoms with Crippen LogP contribution in [0.25, 0.3) is 0 Å². The fraction of sp³-hybridized carbons (Fsp3) is 0.606. The lowest BCUT2D eigenvalue weighted by Crippen LogP contribution is -2.44. The first-order valence-electron chi connectivity index (χ1n) is 15.1. The first kappa shape index (κ1) is 36.7. The number of aromatic nitrogens is 1. The molecular formula is C33H49N3O7S. The van der Waals surface area contributed by atoms with Gasteiger partial charge in [-0.1, -0.05) is 65.0 Å². The van der Waals surface area contributed by atoms with Crippen LogP contribution in [0.3, 0.4) is 0 Å². The Balaban J connectivity index is 2.32. The summed E-state index contributed by atoms with van der Waals surface area (Å²) in [5.74, 6) is -2.34. The van der Waals surface area contributed by atoms with Crippen molar-refractivity contribution < 1.29 is 33.8 Å². The highest BCUT2D eigenvalue weighted by molar-refractivity contribution is 7.09. The molecule has 1 aromatic heterocycles. The van der Waals surface area contributed by atoms with Crippen molar-refractivity contribution in [2.24, 2.45) is 17.8 Å². The maximum Gasteiger partial charge on any atom is 0.410 e. The Kier molecular flexibility index (Phi) is 13.8. The first-order chi connectivity index (χ1) is 20.5. The van der Waals surface area contributed by atoms with Crippen LogP contribution in [0.4, 0.5) is 4.79 Å². The summed E-state index contributed by atoms with van der Waals surface area (Å²) in [6.45, 7) is 14.8. The zero-order chi connectivity index (χ0) is 33.2. The number of hydrogen-bond donors (Lipinski definition) is 2. The molecular weight excluding hydrogens is 582 g/mol. The lowest BCUT2D eigenvalue weighted by atomic mass is 9.96. The van der Waals surface area contributed by atoms with E-state index in [-0.39, 0.29) is 48.8 Å². The summed E-state index contributed by atoms with van der Waals surface area (Å²) >= 11 is 1.20. The van der Waals surface area contributed by atoms with Crippen molar-refractivity contribution in [3.8, 4) is 0 Å². The van der Waals surface area contributed by atoms with Crippen molar-refractivity contribution in [2.45, 2.75) is 105 Å². The molecule has 244 valence electrons. The van der Waals surface area contributed by atoms with Crippen LogP contribution in [0.2, 0.25) is 0 Å². The number of carboxylic acids is 1. The number of amides is 2. The van der Waals surface area contributed by atoms with Crippen LogP contribution in [0.15, 0.2) is 35.7 Å². The summed E-state index contributed by atoms with van der Waals surface area (Å²) in [6.07, 6.45) is -0.0932. The van der Waals surface area contributed by atoms with Crippen LogP contribution in [0.5, 0.6) is 0 Å². The number of benzene rings is 1. The van der Waals surface area contributed by atoms with E-state index in [0.717, 1.165) is 5.56 Å². The van der Waals surface area contributed by atoms with E-state index < -0.39 is 41.6 Å². The van der Waals surface area contributed by atoms with Crippen LogP contribution in [-0.2, 0) is 25.5 Å². The SMILES string of the molecule is CC(C)CC(=O)O[C@H](C[C@H](C(C)C)N(C)C(=O)OC(C)(C)C)c1nc(C(=O)NC(Cc2ccccc2)CC(C)C(=O)O)cs1. The zero-order valence-electron chi connectivity index (χ0n) is 27.5. The Bertz CT molecular complexity index is 1240. The van der Waals surface area contributed by atoms with E-state index in [1.807, 2.05) is 58.0 Å². The Morgan fingerprint density at radius 2 is 1.66 bits per heavy atom. The molecule has 0 radical (unpaired) electrons. The molecule has 2 N–H and O–H groups in total. The molecule has 11 heteroatoms. The molecule has 2 amide bonds. The summed E-state index contributed by atoms with van der Waals surface area (Å²) < 4.78 is 11.5. The van der Waals surface area contributed by atoms with Gasteiger partial charge in [0.1, 0.15) is 16.3 Å². The van der Waals surface area contributed by atoms with Gasteiger partial charge in [0.05, 0.1) is 5.92 Å². The molecule has 44 heavy (non-hydrogen) atoms. The Hall–Kier alpha value is -3.47. The lowest BCUT2D eigenvalue weighted by Gasteiger charge is -2.34. The number of aliphatic carboxylic acids is 1. The van der Waals surface area contributed by atoms with Crippen LogP contribution in [0, 0.1) is 17.8 Å². The van der Waals surface area contributed by atoms with Gasteiger partial charge < -0.3 is 24.8 Å². The summed E-state index contributed by atoms with van der Waals surface area (Å²) in [4.78, 5) is 56.8. The quantitative estimate of drug-likeness (QED) is 0.213. The number of rotatable bonds is 15. The Morgan fingerprint density at radius 1 is 1.02 bits per heavy atom. The molecule has 0 spiro atoms. The number of carbonyl (C=O) groups is 4. The fourth-order valence-electron chi connectivity index (χ4n) is 4.72. The van der Waals surface area contributed by atoms with Gasteiger partial charge in [-0.25, -0.2) is 9.78 Å². The van der Waals surface area contributed by atoms with Gasteiger partial charge in [0.25, 0.3) is 5.91 Å². The lowest BCUT2D eigenvalue weighted by molar-refractivity contribution is -0.151. The number of ether oxygens (including phenoxy) is 2. The minimum Gasteiger partial charge on any atom is -0.481 e. The van der Waals surface area contributed by atoms with Crippen LogP contribution < -0.4 is 5.32 Å². The average molecular weight is 632 g/mol. The fourth-order valence-corrected chi connectivity index (χ4v) is 5.56. The molecule has 2 unspecified atom stereocenters. The van der Waals surface area contributed by atoms with Crippen molar-refractivity contribution in [1.29, 1.82) is 0 Å². The van der Waals surface area contributed by atoms with Gasteiger partial charge >= 0.3 is 18.0 Å². The van der Waals surface area contributed by atoms with Crippen LogP contribution in [0.1, 0.15) is 102 Å². The Labute approximate surface area is 265 Å². The second-order valence-corrected chi connectivity index (χ2v) is 14.0. The minimum atomic E-state index is -0.935. The number of nitrogens with zero attached hydrogens (tertiary/aromatic N) is 2. The van der Waals surface area contributed by atoms with E-state index in [1.54, 1.807) is 40.1 Å². The van der Waals surface area contributed by atoms with Crippen molar-refractivity contribution in [1.82, 2.24) is 15.2 Å².